The Bertz CT molecular complexity index is 265. The van der Waals surface area contributed by atoms with Gasteiger partial charge < -0.3 is 10.0 Å². The number of likely N-dealkylation sites (tertiary alicyclic amines) is 1. The first-order valence-corrected chi connectivity index (χ1v) is 7.65. The van der Waals surface area contributed by atoms with E-state index in [0.717, 1.165) is 45.3 Å². The molecule has 0 radical (unpaired) electrons. The SMILES string of the molecule is O=C1CCCCCC1CN1CCCC(CCO)C1. The maximum Gasteiger partial charge on any atom is 0.137 e. The van der Waals surface area contributed by atoms with Crippen molar-refractivity contribution in [1.82, 2.24) is 4.90 Å². The molecule has 1 aliphatic carbocycles. The van der Waals surface area contributed by atoms with E-state index in [9.17, 15) is 4.79 Å². The quantitative estimate of drug-likeness (QED) is 0.781. The second-order valence-corrected chi connectivity index (χ2v) is 6.04. The van der Waals surface area contributed by atoms with Gasteiger partial charge >= 0.3 is 0 Å². The molecule has 0 amide bonds. The minimum absolute atomic E-state index is 0.292. The van der Waals surface area contributed by atoms with Crippen LogP contribution in [0.25, 0.3) is 0 Å². The van der Waals surface area contributed by atoms with Crippen molar-refractivity contribution in [3.05, 3.63) is 0 Å². The first kappa shape index (κ1) is 14.0. The van der Waals surface area contributed by atoms with E-state index in [0.29, 0.717) is 24.2 Å². The molecule has 1 N–H and O–H groups in total. The third-order valence-corrected chi connectivity index (χ3v) is 4.55. The summed E-state index contributed by atoms with van der Waals surface area (Å²) in [7, 11) is 0. The first-order valence-electron chi connectivity index (χ1n) is 7.65. The van der Waals surface area contributed by atoms with Crippen LogP contribution in [0.3, 0.4) is 0 Å². The Morgan fingerprint density at radius 1 is 1.17 bits per heavy atom. The monoisotopic (exact) mass is 253 g/mol. The molecule has 1 heterocycles. The first-order chi connectivity index (χ1) is 8.79. The second kappa shape index (κ2) is 7.25. The zero-order chi connectivity index (χ0) is 12.8. The lowest BCUT2D eigenvalue weighted by Gasteiger charge is -2.34. The Labute approximate surface area is 111 Å². The molecule has 2 aliphatic rings. The lowest BCUT2D eigenvalue weighted by atomic mass is 9.92. The van der Waals surface area contributed by atoms with Crippen molar-refractivity contribution in [3.63, 3.8) is 0 Å². The summed E-state index contributed by atoms with van der Waals surface area (Å²) in [4.78, 5) is 14.5. The van der Waals surface area contributed by atoms with Crippen molar-refractivity contribution in [2.24, 2.45) is 11.8 Å². The van der Waals surface area contributed by atoms with E-state index in [4.69, 9.17) is 5.11 Å². The zero-order valence-electron chi connectivity index (χ0n) is 11.4. The Morgan fingerprint density at radius 2 is 2.06 bits per heavy atom. The molecular weight excluding hydrogens is 226 g/mol. The number of ketones is 1. The molecule has 0 aromatic rings. The highest BCUT2D eigenvalue weighted by atomic mass is 16.3. The minimum Gasteiger partial charge on any atom is -0.396 e. The largest absolute Gasteiger partial charge is 0.396 e. The van der Waals surface area contributed by atoms with Crippen molar-refractivity contribution in [2.45, 2.75) is 51.4 Å². The van der Waals surface area contributed by atoms with Gasteiger partial charge in [-0.2, -0.15) is 0 Å². The summed E-state index contributed by atoms with van der Waals surface area (Å²) in [5, 5.41) is 9.03. The van der Waals surface area contributed by atoms with Crippen molar-refractivity contribution >= 4 is 5.78 Å². The summed E-state index contributed by atoms with van der Waals surface area (Å²) in [6, 6.07) is 0. The van der Waals surface area contributed by atoms with Crippen molar-refractivity contribution < 1.29 is 9.90 Å². The Morgan fingerprint density at radius 3 is 2.89 bits per heavy atom. The number of hydrogen-bond acceptors (Lipinski definition) is 3. The summed E-state index contributed by atoms with van der Waals surface area (Å²) in [6.45, 7) is 3.51. The smallest absolute Gasteiger partial charge is 0.137 e. The highest BCUT2D eigenvalue weighted by Crippen LogP contribution is 2.24. The zero-order valence-corrected chi connectivity index (χ0v) is 11.4. The molecule has 1 aliphatic heterocycles. The summed E-state index contributed by atoms with van der Waals surface area (Å²) in [5.41, 5.74) is 0. The topological polar surface area (TPSA) is 40.5 Å². The molecule has 104 valence electrons. The molecule has 0 spiro atoms. The fraction of sp³-hybridized carbons (Fsp3) is 0.933. The van der Waals surface area contributed by atoms with Gasteiger partial charge in [0.05, 0.1) is 0 Å². The van der Waals surface area contributed by atoms with Gasteiger partial charge in [0.2, 0.25) is 0 Å². The van der Waals surface area contributed by atoms with E-state index in [-0.39, 0.29) is 0 Å². The third-order valence-electron chi connectivity index (χ3n) is 4.55. The number of aliphatic hydroxyl groups excluding tert-OH is 1. The Hall–Kier alpha value is -0.410. The van der Waals surface area contributed by atoms with E-state index in [1.165, 1.54) is 25.7 Å². The van der Waals surface area contributed by atoms with Crippen LogP contribution < -0.4 is 0 Å². The molecule has 2 atom stereocenters. The van der Waals surface area contributed by atoms with Crippen LogP contribution in [-0.4, -0.2) is 42.0 Å². The van der Waals surface area contributed by atoms with Crippen LogP contribution in [0.2, 0.25) is 0 Å². The molecule has 1 saturated heterocycles. The predicted molar refractivity (Wildman–Crippen MR) is 72.4 cm³/mol. The van der Waals surface area contributed by atoms with E-state index in [2.05, 4.69) is 4.90 Å². The Kier molecular flexibility index (Phi) is 5.64. The predicted octanol–water partition coefficient (Wildman–Crippen LogP) is 2.23. The molecule has 2 fully saturated rings. The van der Waals surface area contributed by atoms with E-state index >= 15 is 0 Å². The number of Topliss-reactive ketones (excluding diaryl/α,β-unsaturated/α-hetero) is 1. The third kappa shape index (κ3) is 4.06. The molecule has 0 aromatic carbocycles. The fourth-order valence-electron chi connectivity index (χ4n) is 3.47. The second-order valence-electron chi connectivity index (χ2n) is 6.04. The highest BCUT2D eigenvalue weighted by Gasteiger charge is 2.26. The molecule has 2 unspecified atom stereocenters. The minimum atomic E-state index is 0.292. The molecular formula is C15H27NO2. The van der Waals surface area contributed by atoms with Gasteiger partial charge in [0, 0.05) is 32.0 Å². The van der Waals surface area contributed by atoms with Gasteiger partial charge in [0.1, 0.15) is 5.78 Å². The van der Waals surface area contributed by atoms with Crippen LogP contribution in [0.5, 0.6) is 0 Å². The van der Waals surface area contributed by atoms with E-state index in [1.807, 2.05) is 0 Å². The summed E-state index contributed by atoms with van der Waals surface area (Å²) in [5.74, 6) is 1.43. The van der Waals surface area contributed by atoms with Gasteiger partial charge in [-0.05, 0) is 44.6 Å². The van der Waals surface area contributed by atoms with Crippen molar-refractivity contribution in [1.29, 1.82) is 0 Å². The molecule has 0 aromatic heterocycles. The summed E-state index contributed by atoms with van der Waals surface area (Å²) >= 11 is 0. The van der Waals surface area contributed by atoms with Crippen LogP contribution in [0, 0.1) is 11.8 Å². The lowest BCUT2D eigenvalue weighted by molar-refractivity contribution is -0.123. The number of aliphatic hydroxyl groups is 1. The standard InChI is InChI=1S/C15H27NO2/c17-10-8-13-5-4-9-16(11-13)12-14-6-2-1-3-7-15(14)18/h13-14,17H,1-12H2. The van der Waals surface area contributed by atoms with Crippen LogP contribution in [0.1, 0.15) is 51.4 Å². The molecule has 2 rings (SSSR count). The van der Waals surface area contributed by atoms with Crippen molar-refractivity contribution in [3.8, 4) is 0 Å². The van der Waals surface area contributed by atoms with Crippen LogP contribution >= 0.6 is 0 Å². The van der Waals surface area contributed by atoms with Crippen LogP contribution in [0.4, 0.5) is 0 Å². The van der Waals surface area contributed by atoms with E-state index in [1.54, 1.807) is 0 Å². The van der Waals surface area contributed by atoms with Gasteiger partial charge in [0.25, 0.3) is 0 Å². The number of rotatable bonds is 4. The number of piperidine rings is 1. The molecule has 0 bridgehead atoms. The lowest BCUT2D eigenvalue weighted by Crippen LogP contribution is -2.40. The van der Waals surface area contributed by atoms with Crippen LogP contribution in [0.15, 0.2) is 0 Å². The molecule has 3 nitrogen and oxygen atoms in total. The van der Waals surface area contributed by atoms with Crippen LogP contribution in [-0.2, 0) is 4.79 Å². The fourth-order valence-corrected chi connectivity index (χ4v) is 3.47. The average Bonchev–Trinajstić information content (AvgIpc) is 2.56. The molecule has 3 heteroatoms. The highest BCUT2D eigenvalue weighted by molar-refractivity contribution is 5.81. The van der Waals surface area contributed by atoms with Gasteiger partial charge in [0.15, 0.2) is 0 Å². The van der Waals surface area contributed by atoms with Gasteiger partial charge in [-0.1, -0.05) is 12.8 Å². The molecule has 18 heavy (non-hydrogen) atoms. The number of nitrogens with zero attached hydrogens (tertiary/aromatic N) is 1. The van der Waals surface area contributed by atoms with Gasteiger partial charge in [-0.15, -0.1) is 0 Å². The number of carbonyl (C=O) groups is 1. The maximum absolute atomic E-state index is 12.0. The summed E-state index contributed by atoms with van der Waals surface area (Å²) in [6.07, 6.45) is 8.86. The summed E-state index contributed by atoms with van der Waals surface area (Å²) < 4.78 is 0. The normalized spacial score (nSPS) is 31.3. The van der Waals surface area contributed by atoms with Gasteiger partial charge in [-0.3, -0.25) is 4.79 Å². The number of hydrogen-bond donors (Lipinski definition) is 1. The number of carbonyl (C=O) groups excluding carboxylic acids is 1. The van der Waals surface area contributed by atoms with Crippen molar-refractivity contribution in [2.75, 3.05) is 26.2 Å². The average molecular weight is 253 g/mol. The maximum atomic E-state index is 12.0. The van der Waals surface area contributed by atoms with Gasteiger partial charge in [-0.25, -0.2) is 0 Å². The molecule has 1 saturated carbocycles. The Balaban J connectivity index is 1.81. The van der Waals surface area contributed by atoms with E-state index < -0.39 is 0 Å².